The van der Waals surface area contributed by atoms with Gasteiger partial charge in [-0.05, 0) is 48.7 Å². The van der Waals surface area contributed by atoms with Crippen LogP contribution in [0.15, 0.2) is 42.5 Å². The maximum absolute atomic E-state index is 13.1. The summed E-state index contributed by atoms with van der Waals surface area (Å²) in [6.07, 6.45) is 0.797. The highest BCUT2D eigenvalue weighted by atomic mass is 19.1. The number of halogens is 1. The molecular formula is C23H28FN3O2. The number of rotatable bonds is 5. The summed E-state index contributed by atoms with van der Waals surface area (Å²) in [7, 11) is 0. The zero-order chi connectivity index (χ0) is 21.0. The monoisotopic (exact) mass is 397 g/mol. The van der Waals surface area contributed by atoms with Gasteiger partial charge in [0.25, 0.3) is 0 Å². The first-order chi connectivity index (χ1) is 13.9. The molecule has 0 unspecified atom stereocenters. The number of nitrogens with zero attached hydrogens (tertiary/aromatic N) is 3. The molecule has 2 amide bonds. The molecule has 5 nitrogen and oxygen atoms in total. The van der Waals surface area contributed by atoms with E-state index in [0.717, 1.165) is 28.9 Å². The van der Waals surface area contributed by atoms with E-state index in [2.05, 4.69) is 4.90 Å². The SMILES string of the molecule is CCc1cccc(C)c1N(CC(=O)N1CCN(c2ccc(F)cc2)CC1)C(C)=O. The lowest BCUT2D eigenvalue weighted by Crippen LogP contribution is -2.52. The lowest BCUT2D eigenvalue weighted by atomic mass is 10.0. The third-order valence-electron chi connectivity index (χ3n) is 5.47. The van der Waals surface area contributed by atoms with Crippen molar-refractivity contribution in [1.82, 2.24) is 4.90 Å². The van der Waals surface area contributed by atoms with Crippen LogP contribution in [0.4, 0.5) is 15.8 Å². The standard InChI is InChI=1S/C23H28FN3O2/c1-4-19-7-5-6-17(2)23(19)27(18(3)28)16-22(29)26-14-12-25(13-15-26)21-10-8-20(24)9-11-21/h5-11H,4,12-16H2,1-3H3. The van der Waals surface area contributed by atoms with Crippen molar-refractivity contribution >= 4 is 23.2 Å². The zero-order valence-corrected chi connectivity index (χ0v) is 17.3. The second-order valence-corrected chi connectivity index (χ2v) is 7.39. The van der Waals surface area contributed by atoms with Crippen LogP contribution >= 0.6 is 0 Å². The molecule has 0 N–H and O–H groups in total. The van der Waals surface area contributed by atoms with Gasteiger partial charge in [-0.3, -0.25) is 9.59 Å². The highest BCUT2D eigenvalue weighted by molar-refractivity contribution is 5.98. The summed E-state index contributed by atoms with van der Waals surface area (Å²) in [6, 6.07) is 12.4. The Morgan fingerprint density at radius 1 is 1.03 bits per heavy atom. The van der Waals surface area contributed by atoms with Crippen molar-refractivity contribution in [3.8, 4) is 0 Å². The van der Waals surface area contributed by atoms with Crippen molar-refractivity contribution in [2.24, 2.45) is 0 Å². The molecule has 0 radical (unpaired) electrons. The Hall–Kier alpha value is -2.89. The Balaban J connectivity index is 1.68. The molecule has 1 fully saturated rings. The van der Waals surface area contributed by atoms with Gasteiger partial charge in [-0.1, -0.05) is 25.1 Å². The van der Waals surface area contributed by atoms with Crippen LogP contribution in [-0.2, 0) is 16.0 Å². The van der Waals surface area contributed by atoms with Crippen molar-refractivity contribution in [3.63, 3.8) is 0 Å². The summed E-state index contributed by atoms with van der Waals surface area (Å²) in [5, 5.41) is 0. The second-order valence-electron chi connectivity index (χ2n) is 7.39. The van der Waals surface area contributed by atoms with Gasteiger partial charge in [-0.2, -0.15) is 0 Å². The number of anilines is 2. The van der Waals surface area contributed by atoms with Crippen LogP contribution in [0.5, 0.6) is 0 Å². The topological polar surface area (TPSA) is 43.9 Å². The third kappa shape index (κ3) is 4.75. The highest BCUT2D eigenvalue weighted by Crippen LogP contribution is 2.26. The Morgan fingerprint density at radius 3 is 2.28 bits per heavy atom. The van der Waals surface area contributed by atoms with Gasteiger partial charge in [-0.15, -0.1) is 0 Å². The van der Waals surface area contributed by atoms with Crippen molar-refractivity contribution < 1.29 is 14.0 Å². The van der Waals surface area contributed by atoms with Gasteiger partial charge in [0, 0.05) is 38.8 Å². The van der Waals surface area contributed by atoms with E-state index in [4.69, 9.17) is 0 Å². The summed E-state index contributed by atoms with van der Waals surface area (Å²) in [5.74, 6) is -0.439. The molecule has 0 bridgehead atoms. The van der Waals surface area contributed by atoms with Gasteiger partial charge in [-0.25, -0.2) is 4.39 Å². The molecule has 0 saturated carbocycles. The summed E-state index contributed by atoms with van der Waals surface area (Å²) in [4.78, 5) is 30.9. The molecule has 2 aromatic carbocycles. The number of aryl methyl sites for hydroxylation is 2. The fourth-order valence-corrected chi connectivity index (χ4v) is 3.84. The number of hydrogen-bond acceptors (Lipinski definition) is 3. The highest BCUT2D eigenvalue weighted by Gasteiger charge is 2.26. The maximum Gasteiger partial charge on any atom is 0.242 e. The molecule has 2 aromatic rings. The molecule has 0 atom stereocenters. The lowest BCUT2D eigenvalue weighted by Gasteiger charge is -2.37. The van der Waals surface area contributed by atoms with E-state index in [1.165, 1.54) is 19.1 Å². The minimum atomic E-state index is -0.255. The van der Waals surface area contributed by atoms with Crippen molar-refractivity contribution in [1.29, 1.82) is 0 Å². The van der Waals surface area contributed by atoms with Gasteiger partial charge in [0.1, 0.15) is 12.4 Å². The molecule has 3 rings (SSSR count). The molecule has 29 heavy (non-hydrogen) atoms. The van der Waals surface area contributed by atoms with Gasteiger partial charge in [0.2, 0.25) is 11.8 Å². The van der Waals surface area contributed by atoms with Crippen LogP contribution in [0.3, 0.4) is 0 Å². The smallest absolute Gasteiger partial charge is 0.242 e. The van der Waals surface area contributed by atoms with E-state index in [1.54, 1.807) is 21.9 Å². The van der Waals surface area contributed by atoms with E-state index < -0.39 is 0 Å². The average Bonchev–Trinajstić information content (AvgIpc) is 2.72. The molecule has 1 saturated heterocycles. The molecular weight excluding hydrogens is 369 g/mol. The molecule has 1 aliphatic rings. The van der Waals surface area contributed by atoms with Crippen LogP contribution in [0.1, 0.15) is 25.0 Å². The first-order valence-electron chi connectivity index (χ1n) is 10.1. The Kier molecular flexibility index (Phi) is 6.52. The van der Waals surface area contributed by atoms with Gasteiger partial charge >= 0.3 is 0 Å². The van der Waals surface area contributed by atoms with Crippen LogP contribution in [0.25, 0.3) is 0 Å². The minimum absolute atomic E-state index is 0.0454. The number of amides is 2. The van der Waals surface area contributed by atoms with Crippen LogP contribution < -0.4 is 9.80 Å². The fourth-order valence-electron chi connectivity index (χ4n) is 3.84. The van der Waals surface area contributed by atoms with E-state index in [0.29, 0.717) is 26.2 Å². The van der Waals surface area contributed by atoms with Crippen molar-refractivity contribution in [2.75, 3.05) is 42.5 Å². The summed E-state index contributed by atoms with van der Waals surface area (Å²) < 4.78 is 13.1. The Bertz CT molecular complexity index is 874. The summed E-state index contributed by atoms with van der Waals surface area (Å²) in [6.45, 7) is 8.09. The molecule has 154 valence electrons. The minimum Gasteiger partial charge on any atom is -0.368 e. The van der Waals surface area contributed by atoms with E-state index in [9.17, 15) is 14.0 Å². The third-order valence-corrected chi connectivity index (χ3v) is 5.47. The average molecular weight is 397 g/mol. The molecule has 1 heterocycles. The van der Waals surface area contributed by atoms with Crippen LogP contribution in [0, 0.1) is 12.7 Å². The Labute approximate surface area is 171 Å². The fraction of sp³-hybridized carbons (Fsp3) is 0.391. The molecule has 0 spiro atoms. The van der Waals surface area contributed by atoms with Gasteiger partial charge in [0.15, 0.2) is 0 Å². The van der Waals surface area contributed by atoms with Crippen molar-refractivity contribution in [2.45, 2.75) is 27.2 Å². The summed E-state index contributed by atoms with van der Waals surface area (Å²) >= 11 is 0. The predicted octanol–water partition coefficient (Wildman–Crippen LogP) is 3.40. The van der Waals surface area contributed by atoms with E-state index in [-0.39, 0.29) is 24.2 Å². The number of para-hydroxylation sites is 1. The van der Waals surface area contributed by atoms with E-state index >= 15 is 0 Å². The maximum atomic E-state index is 13.1. The van der Waals surface area contributed by atoms with E-state index in [1.807, 2.05) is 32.0 Å². The number of carbonyl (C=O) groups excluding carboxylic acids is 2. The first-order valence-corrected chi connectivity index (χ1v) is 10.1. The molecule has 0 aromatic heterocycles. The van der Waals surface area contributed by atoms with Gasteiger partial charge < -0.3 is 14.7 Å². The largest absolute Gasteiger partial charge is 0.368 e. The number of piperazine rings is 1. The number of hydrogen-bond donors (Lipinski definition) is 0. The first kappa shape index (κ1) is 20.8. The Morgan fingerprint density at radius 2 is 1.69 bits per heavy atom. The molecule has 1 aliphatic heterocycles. The van der Waals surface area contributed by atoms with Crippen LogP contribution in [0.2, 0.25) is 0 Å². The zero-order valence-electron chi connectivity index (χ0n) is 17.3. The summed E-state index contributed by atoms with van der Waals surface area (Å²) in [5.41, 5.74) is 3.86. The normalized spacial score (nSPS) is 14.1. The molecule has 0 aliphatic carbocycles. The predicted molar refractivity (Wildman–Crippen MR) is 114 cm³/mol. The number of carbonyl (C=O) groups is 2. The van der Waals surface area contributed by atoms with Gasteiger partial charge in [0.05, 0.1) is 5.69 Å². The molecule has 6 heteroatoms. The quantitative estimate of drug-likeness (QED) is 0.777. The number of benzene rings is 2. The van der Waals surface area contributed by atoms with Crippen LogP contribution in [-0.4, -0.2) is 49.4 Å². The van der Waals surface area contributed by atoms with Crippen molar-refractivity contribution in [3.05, 3.63) is 59.4 Å². The second kappa shape index (κ2) is 9.07. The lowest BCUT2D eigenvalue weighted by molar-refractivity contribution is -0.131.